The molecule has 14 heteroatoms. The third-order valence-corrected chi connectivity index (χ3v) is 4.88. The highest BCUT2D eigenvalue weighted by atomic mass is 35.5. The van der Waals surface area contributed by atoms with Crippen molar-refractivity contribution in [2.24, 2.45) is 0 Å². The van der Waals surface area contributed by atoms with Crippen LogP contribution in [0.5, 0.6) is 5.75 Å². The number of halogens is 6. The first kappa shape index (κ1) is 24.5. The number of rotatable bonds is 6. The standard InChI is InChI=1S/C19H15BClF5N4O3/c1-9(19(24,25)26)33-16-7-15(30-18(32)29(20)17(8-31)28-30)13(23)5-10(16)12(22)6-14-11(21)3-2-4-27-14/h2-7,9,31H,8,20H2,1H3/b12-6-/t9-/m0/s1. The Morgan fingerprint density at radius 1 is 1.39 bits per heavy atom. The van der Waals surface area contributed by atoms with Gasteiger partial charge in [0, 0.05) is 18.3 Å². The van der Waals surface area contributed by atoms with E-state index in [0.29, 0.717) is 17.7 Å². The van der Waals surface area contributed by atoms with E-state index >= 15 is 4.39 Å². The molecule has 0 aliphatic rings. The summed E-state index contributed by atoms with van der Waals surface area (Å²) in [5.41, 5.74) is -2.21. The van der Waals surface area contributed by atoms with Gasteiger partial charge in [-0.05, 0) is 25.1 Å². The van der Waals surface area contributed by atoms with Crippen LogP contribution in [0.2, 0.25) is 5.02 Å². The third kappa shape index (κ3) is 5.09. The molecule has 33 heavy (non-hydrogen) atoms. The van der Waals surface area contributed by atoms with Gasteiger partial charge in [-0.2, -0.15) is 17.9 Å². The Morgan fingerprint density at radius 2 is 2.09 bits per heavy atom. The van der Waals surface area contributed by atoms with E-state index in [9.17, 15) is 27.5 Å². The van der Waals surface area contributed by atoms with Gasteiger partial charge in [0.2, 0.25) is 7.98 Å². The third-order valence-electron chi connectivity index (χ3n) is 4.56. The van der Waals surface area contributed by atoms with Crippen molar-refractivity contribution in [3.8, 4) is 11.4 Å². The quantitative estimate of drug-likeness (QED) is 0.426. The van der Waals surface area contributed by atoms with Crippen molar-refractivity contribution in [2.45, 2.75) is 25.8 Å². The van der Waals surface area contributed by atoms with E-state index in [2.05, 4.69) is 10.1 Å². The van der Waals surface area contributed by atoms with Crippen molar-refractivity contribution >= 4 is 31.5 Å². The average Bonchev–Trinajstić information content (AvgIpc) is 3.03. The maximum atomic E-state index is 15.0. The fourth-order valence-electron chi connectivity index (χ4n) is 2.72. The van der Waals surface area contributed by atoms with E-state index in [1.54, 1.807) is 0 Å². The molecule has 7 nitrogen and oxygen atoms in total. The Balaban J connectivity index is 2.20. The van der Waals surface area contributed by atoms with Crippen LogP contribution in [-0.2, 0) is 6.61 Å². The Labute approximate surface area is 189 Å². The lowest BCUT2D eigenvalue weighted by Gasteiger charge is -2.20. The van der Waals surface area contributed by atoms with Gasteiger partial charge >= 0.3 is 11.9 Å². The van der Waals surface area contributed by atoms with E-state index in [4.69, 9.17) is 16.3 Å². The number of aromatic nitrogens is 4. The number of alkyl halides is 3. The number of hydrogen-bond acceptors (Lipinski definition) is 5. The summed E-state index contributed by atoms with van der Waals surface area (Å²) in [6.07, 6.45) is -5.10. The molecule has 0 fully saturated rings. The zero-order valence-electron chi connectivity index (χ0n) is 17.1. The van der Waals surface area contributed by atoms with Gasteiger partial charge in [-0.3, -0.25) is 4.98 Å². The summed E-state index contributed by atoms with van der Waals surface area (Å²) >= 11 is 5.93. The monoisotopic (exact) mass is 488 g/mol. The summed E-state index contributed by atoms with van der Waals surface area (Å²) in [6, 6.07) is 4.18. The first-order chi connectivity index (χ1) is 15.4. The van der Waals surface area contributed by atoms with Gasteiger partial charge in [0.1, 0.15) is 35.5 Å². The summed E-state index contributed by atoms with van der Waals surface area (Å²) in [6.45, 7) is 0.0238. The van der Waals surface area contributed by atoms with Crippen LogP contribution in [0.25, 0.3) is 17.6 Å². The minimum atomic E-state index is -4.82. The number of benzene rings is 1. The summed E-state index contributed by atoms with van der Waals surface area (Å²) < 4.78 is 75.6. The molecule has 174 valence electrons. The van der Waals surface area contributed by atoms with Crippen molar-refractivity contribution in [3.05, 3.63) is 68.9 Å². The van der Waals surface area contributed by atoms with Gasteiger partial charge < -0.3 is 14.3 Å². The molecule has 0 saturated carbocycles. The summed E-state index contributed by atoms with van der Waals surface area (Å²) in [5, 5.41) is 13.1. The molecular weight excluding hydrogens is 473 g/mol. The van der Waals surface area contributed by atoms with Crippen molar-refractivity contribution in [3.63, 3.8) is 0 Å². The maximum absolute atomic E-state index is 15.0. The molecule has 3 aromatic rings. The molecule has 0 radical (unpaired) electrons. The SMILES string of the molecule is Bn1c(CO)nn(-c2cc(O[C@@H](C)C(F)(F)F)c(/C(F)=C/c3ncccc3Cl)cc2F)c1=O. The topological polar surface area (TPSA) is 82.2 Å². The lowest BCUT2D eigenvalue weighted by atomic mass is 10.1. The minimum absolute atomic E-state index is 0.0486. The molecule has 0 amide bonds. The second-order valence-corrected chi connectivity index (χ2v) is 7.20. The number of pyridine rings is 1. The number of aliphatic hydroxyl groups is 1. The molecule has 3 rings (SSSR count). The molecule has 1 aromatic carbocycles. The molecule has 2 heterocycles. The highest BCUT2D eigenvalue weighted by Crippen LogP contribution is 2.35. The van der Waals surface area contributed by atoms with Crippen molar-refractivity contribution < 1.29 is 31.8 Å². The van der Waals surface area contributed by atoms with Crippen molar-refractivity contribution in [1.82, 2.24) is 19.2 Å². The number of hydrogen-bond donors (Lipinski definition) is 1. The lowest BCUT2D eigenvalue weighted by molar-refractivity contribution is -0.189. The molecule has 1 atom stereocenters. The Morgan fingerprint density at radius 3 is 2.67 bits per heavy atom. The van der Waals surface area contributed by atoms with Gasteiger partial charge in [0.25, 0.3) is 0 Å². The van der Waals surface area contributed by atoms with Crippen molar-refractivity contribution in [2.75, 3.05) is 0 Å². The fraction of sp³-hybridized carbons (Fsp3) is 0.211. The molecule has 0 aliphatic heterocycles. The molecule has 0 spiro atoms. The predicted molar refractivity (Wildman–Crippen MR) is 112 cm³/mol. The van der Waals surface area contributed by atoms with E-state index in [-0.39, 0.29) is 16.5 Å². The van der Waals surface area contributed by atoms with Crippen LogP contribution in [0.3, 0.4) is 0 Å². The maximum Gasteiger partial charge on any atom is 0.425 e. The van der Waals surface area contributed by atoms with Crippen LogP contribution >= 0.6 is 11.6 Å². The Kier molecular flexibility index (Phi) is 6.93. The van der Waals surface area contributed by atoms with E-state index in [0.717, 1.165) is 16.6 Å². The van der Waals surface area contributed by atoms with Gasteiger partial charge in [-0.25, -0.2) is 13.6 Å². The Hall–Kier alpha value is -3.19. The highest BCUT2D eigenvalue weighted by molar-refractivity contribution is 6.32. The normalized spacial score (nSPS) is 13.3. The first-order valence-corrected chi connectivity index (χ1v) is 9.63. The smallest absolute Gasteiger partial charge is 0.425 e. The summed E-state index contributed by atoms with van der Waals surface area (Å²) in [4.78, 5) is 16.2. The van der Waals surface area contributed by atoms with E-state index in [1.807, 2.05) is 0 Å². The highest BCUT2D eigenvalue weighted by Gasteiger charge is 2.38. The zero-order valence-corrected chi connectivity index (χ0v) is 17.8. The average molecular weight is 489 g/mol. The lowest BCUT2D eigenvalue weighted by Crippen LogP contribution is -2.31. The molecular formula is C19H15BClF5N4O3. The molecule has 1 N–H and O–H groups in total. The number of nitrogens with zero attached hydrogens (tertiary/aromatic N) is 4. The number of ether oxygens (including phenoxy) is 1. The second kappa shape index (κ2) is 9.36. The van der Waals surface area contributed by atoms with Crippen molar-refractivity contribution in [1.29, 1.82) is 0 Å². The first-order valence-electron chi connectivity index (χ1n) is 9.25. The molecule has 0 bridgehead atoms. The van der Waals surface area contributed by atoms with Gasteiger partial charge in [0.05, 0.1) is 16.3 Å². The van der Waals surface area contributed by atoms with Gasteiger partial charge in [0.15, 0.2) is 6.10 Å². The molecule has 2 aromatic heterocycles. The van der Waals surface area contributed by atoms with Crippen LogP contribution in [0.15, 0.2) is 35.3 Å². The van der Waals surface area contributed by atoms with E-state index < -0.39 is 53.2 Å². The molecule has 0 saturated heterocycles. The summed E-state index contributed by atoms with van der Waals surface area (Å²) in [5.74, 6) is -3.21. The molecule has 0 unspecified atom stereocenters. The largest absolute Gasteiger partial charge is 0.480 e. The molecule has 0 aliphatic carbocycles. The van der Waals surface area contributed by atoms with Gasteiger partial charge in [-0.1, -0.05) is 11.6 Å². The van der Waals surface area contributed by atoms with Crippen LogP contribution < -0.4 is 10.4 Å². The van der Waals surface area contributed by atoms with E-state index in [1.165, 1.54) is 26.3 Å². The van der Waals surface area contributed by atoms with Crippen LogP contribution in [0, 0.1) is 5.82 Å². The van der Waals surface area contributed by atoms with Crippen LogP contribution in [0.4, 0.5) is 22.0 Å². The zero-order chi connectivity index (χ0) is 24.5. The number of aliphatic hydroxyl groups excluding tert-OH is 1. The summed E-state index contributed by atoms with van der Waals surface area (Å²) in [7, 11) is 1.26. The fourth-order valence-corrected chi connectivity index (χ4v) is 2.90. The van der Waals surface area contributed by atoms with Crippen LogP contribution in [-0.4, -0.2) is 44.6 Å². The van der Waals surface area contributed by atoms with Gasteiger partial charge in [-0.15, -0.1) is 5.10 Å². The predicted octanol–water partition coefficient (Wildman–Crippen LogP) is 2.91. The second-order valence-electron chi connectivity index (χ2n) is 6.79. The minimum Gasteiger partial charge on any atom is -0.480 e. The Bertz CT molecular complexity index is 1280. The van der Waals surface area contributed by atoms with Crippen LogP contribution in [0.1, 0.15) is 24.0 Å².